The van der Waals surface area contributed by atoms with E-state index >= 15 is 0 Å². The van der Waals surface area contributed by atoms with Crippen molar-refractivity contribution in [1.82, 2.24) is 0 Å². The highest BCUT2D eigenvalue weighted by atomic mass is 16.6. The van der Waals surface area contributed by atoms with Crippen LogP contribution in [0, 0.1) is 0 Å². The molecular formula is C39H70O5. The first-order valence-corrected chi connectivity index (χ1v) is 18.5. The van der Waals surface area contributed by atoms with Crippen molar-refractivity contribution in [3.8, 4) is 0 Å². The number of carbonyl (C=O) groups excluding carboxylic acids is 2. The SMILES string of the molecule is CCCCC/C=C\C/C=C\C/C=C\CCCCCCC(=O)O[C@@H](CO)COC(=O)CCCCCCCCCCCCCCC. The molecule has 0 heterocycles. The van der Waals surface area contributed by atoms with Gasteiger partial charge >= 0.3 is 11.9 Å². The van der Waals surface area contributed by atoms with Crippen molar-refractivity contribution in [1.29, 1.82) is 0 Å². The average molecular weight is 619 g/mol. The maximum absolute atomic E-state index is 12.1. The summed E-state index contributed by atoms with van der Waals surface area (Å²) in [6.45, 7) is 4.08. The van der Waals surface area contributed by atoms with E-state index in [1.165, 1.54) is 89.9 Å². The summed E-state index contributed by atoms with van der Waals surface area (Å²) in [7, 11) is 0. The number of hydrogen-bond acceptors (Lipinski definition) is 5. The molecule has 1 N–H and O–H groups in total. The molecular weight excluding hydrogens is 548 g/mol. The van der Waals surface area contributed by atoms with E-state index in [1.807, 2.05) is 0 Å². The van der Waals surface area contributed by atoms with Gasteiger partial charge in [-0.1, -0.05) is 153 Å². The van der Waals surface area contributed by atoms with Crippen molar-refractivity contribution in [3.05, 3.63) is 36.5 Å². The second-order valence-electron chi connectivity index (χ2n) is 12.3. The van der Waals surface area contributed by atoms with Gasteiger partial charge in [0.1, 0.15) is 6.61 Å². The predicted octanol–water partition coefficient (Wildman–Crippen LogP) is 11.3. The number of unbranched alkanes of at least 4 members (excludes halogenated alkanes) is 19. The molecule has 0 aliphatic rings. The number of rotatable bonds is 33. The van der Waals surface area contributed by atoms with Crippen LogP contribution in [-0.2, 0) is 19.1 Å². The topological polar surface area (TPSA) is 72.8 Å². The molecule has 0 aromatic carbocycles. The van der Waals surface area contributed by atoms with Crippen LogP contribution in [0.2, 0.25) is 0 Å². The monoisotopic (exact) mass is 619 g/mol. The van der Waals surface area contributed by atoms with Gasteiger partial charge in [0.15, 0.2) is 6.10 Å². The molecule has 0 saturated carbocycles. The number of hydrogen-bond donors (Lipinski definition) is 1. The first-order chi connectivity index (χ1) is 21.6. The summed E-state index contributed by atoms with van der Waals surface area (Å²) >= 11 is 0. The standard InChI is InChI=1S/C39H70O5/c1-3-5-7-9-11-13-15-17-18-19-20-22-24-26-28-30-32-34-39(42)44-37(35-40)36-43-38(41)33-31-29-27-25-23-21-16-14-12-10-8-6-4-2/h11,13,17-18,20,22,37,40H,3-10,12,14-16,19,21,23-36H2,1-2H3/b13-11-,18-17-,22-20-/t37-/m0/s1. The first kappa shape index (κ1) is 42.1. The summed E-state index contributed by atoms with van der Waals surface area (Å²) in [5.41, 5.74) is 0. The number of aliphatic hydroxyl groups is 1. The lowest BCUT2D eigenvalue weighted by Gasteiger charge is -2.15. The third kappa shape index (κ3) is 33.0. The molecule has 0 radical (unpaired) electrons. The van der Waals surface area contributed by atoms with Gasteiger partial charge in [0.2, 0.25) is 0 Å². The largest absolute Gasteiger partial charge is 0.462 e. The minimum absolute atomic E-state index is 0.0726. The molecule has 5 heteroatoms. The first-order valence-electron chi connectivity index (χ1n) is 18.5. The van der Waals surface area contributed by atoms with Crippen molar-refractivity contribution in [3.63, 3.8) is 0 Å². The van der Waals surface area contributed by atoms with Crippen molar-refractivity contribution >= 4 is 11.9 Å². The Balaban J connectivity index is 3.61. The van der Waals surface area contributed by atoms with Crippen LogP contribution in [0.25, 0.3) is 0 Å². The van der Waals surface area contributed by atoms with Crippen molar-refractivity contribution in [2.24, 2.45) is 0 Å². The Kier molecular flexibility index (Phi) is 34.1. The van der Waals surface area contributed by atoms with Crippen LogP contribution < -0.4 is 0 Å². The molecule has 1 atom stereocenters. The third-order valence-corrected chi connectivity index (χ3v) is 7.94. The van der Waals surface area contributed by atoms with E-state index < -0.39 is 6.10 Å². The highest BCUT2D eigenvalue weighted by molar-refractivity contribution is 5.70. The lowest BCUT2D eigenvalue weighted by Crippen LogP contribution is -2.28. The quantitative estimate of drug-likeness (QED) is 0.0450. The molecule has 256 valence electrons. The summed E-state index contributed by atoms with van der Waals surface area (Å²) in [5, 5.41) is 9.52. The van der Waals surface area contributed by atoms with E-state index in [0.29, 0.717) is 12.8 Å². The van der Waals surface area contributed by atoms with Gasteiger partial charge in [0, 0.05) is 12.8 Å². The normalized spacial score (nSPS) is 12.5. The second kappa shape index (κ2) is 35.6. The Hall–Kier alpha value is -1.88. The molecule has 0 aliphatic heterocycles. The minimum Gasteiger partial charge on any atom is -0.462 e. The Labute approximate surface area is 272 Å². The smallest absolute Gasteiger partial charge is 0.306 e. The summed E-state index contributed by atoms with van der Waals surface area (Å²) in [4.78, 5) is 24.2. The maximum Gasteiger partial charge on any atom is 0.306 e. The van der Waals surface area contributed by atoms with Crippen LogP contribution in [-0.4, -0.2) is 36.4 Å². The summed E-state index contributed by atoms with van der Waals surface area (Å²) in [5.74, 6) is -0.614. The molecule has 0 saturated heterocycles. The van der Waals surface area contributed by atoms with Crippen LogP contribution in [0.3, 0.4) is 0 Å². The van der Waals surface area contributed by atoms with Gasteiger partial charge in [-0.3, -0.25) is 9.59 Å². The molecule has 0 aliphatic carbocycles. The fourth-order valence-electron chi connectivity index (χ4n) is 5.09. The fraction of sp³-hybridized carbons (Fsp3) is 0.795. The van der Waals surface area contributed by atoms with E-state index in [-0.39, 0.29) is 25.2 Å². The van der Waals surface area contributed by atoms with E-state index in [9.17, 15) is 14.7 Å². The van der Waals surface area contributed by atoms with E-state index in [2.05, 4.69) is 50.3 Å². The van der Waals surface area contributed by atoms with Gasteiger partial charge in [-0.05, 0) is 51.4 Å². The van der Waals surface area contributed by atoms with Gasteiger partial charge in [-0.2, -0.15) is 0 Å². The van der Waals surface area contributed by atoms with E-state index in [1.54, 1.807) is 0 Å². The lowest BCUT2D eigenvalue weighted by molar-refractivity contribution is -0.161. The van der Waals surface area contributed by atoms with Gasteiger partial charge in [0.25, 0.3) is 0 Å². The molecule has 44 heavy (non-hydrogen) atoms. The van der Waals surface area contributed by atoms with Gasteiger partial charge < -0.3 is 14.6 Å². The summed E-state index contributed by atoms with van der Waals surface area (Å²) < 4.78 is 10.6. The van der Waals surface area contributed by atoms with Gasteiger partial charge in [0.05, 0.1) is 6.61 Å². The molecule has 0 unspecified atom stereocenters. The molecule has 0 bridgehead atoms. The van der Waals surface area contributed by atoms with Crippen LogP contribution in [0.15, 0.2) is 36.5 Å². The summed E-state index contributed by atoms with van der Waals surface area (Å²) in [6, 6.07) is 0. The zero-order chi connectivity index (χ0) is 32.2. The van der Waals surface area contributed by atoms with E-state index in [0.717, 1.165) is 64.2 Å². The molecule has 0 aromatic heterocycles. The second-order valence-corrected chi connectivity index (χ2v) is 12.3. The molecule has 0 aromatic rings. The molecule has 0 spiro atoms. The van der Waals surface area contributed by atoms with Gasteiger partial charge in [-0.25, -0.2) is 0 Å². The number of esters is 2. The van der Waals surface area contributed by atoms with Crippen molar-refractivity contribution in [2.75, 3.05) is 13.2 Å². The highest BCUT2D eigenvalue weighted by Crippen LogP contribution is 2.13. The molecule has 0 fully saturated rings. The minimum atomic E-state index is -0.779. The Bertz CT molecular complexity index is 711. The third-order valence-electron chi connectivity index (χ3n) is 7.94. The summed E-state index contributed by atoms with van der Waals surface area (Å²) in [6.07, 6.45) is 41.9. The van der Waals surface area contributed by atoms with Gasteiger partial charge in [-0.15, -0.1) is 0 Å². The number of allylic oxidation sites excluding steroid dienone is 6. The van der Waals surface area contributed by atoms with Crippen LogP contribution in [0.5, 0.6) is 0 Å². The zero-order valence-corrected chi connectivity index (χ0v) is 28.9. The number of aliphatic hydroxyl groups excluding tert-OH is 1. The van der Waals surface area contributed by atoms with E-state index in [4.69, 9.17) is 9.47 Å². The van der Waals surface area contributed by atoms with Crippen LogP contribution >= 0.6 is 0 Å². The van der Waals surface area contributed by atoms with Crippen molar-refractivity contribution < 1.29 is 24.2 Å². The predicted molar refractivity (Wildman–Crippen MR) is 187 cm³/mol. The molecule has 0 amide bonds. The average Bonchev–Trinajstić information content (AvgIpc) is 3.02. The Morgan fingerprint density at radius 3 is 1.41 bits per heavy atom. The number of carbonyl (C=O) groups is 2. The maximum atomic E-state index is 12.1. The van der Waals surface area contributed by atoms with Crippen molar-refractivity contribution in [2.45, 2.75) is 187 Å². The Morgan fingerprint density at radius 1 is 0.523 bits per heavy atom. The Morgan fingerprint density at radius 2 is 0.909 bits per heavy atom. The van der Waals surface area contributed by atoms with Crippen LogP contribution in [0.4, 0.5) is 0 Å². The molecule has 0 rings (SSSR count). The highest BCUT2D eigenvalue weighted by Gasteiger charge is 2.16. The lowest BCUT2D eigenvalue weighted by atomic mass is 10.0. The number of ether oxygens (including phenoxy) is 2. The fourth-order valence-corrected chi connectivity index (χ4v) is 5.09. The zero-order valence-electron chi connectivity index (χ0n) is 28.9. The van der Waals surface area contributed by atoms with Crippen LogP contribution in [0.1, 0.15) is 181 Å². The molecule has 5 nitrogen and oxygen atoms in total.